The fraction of sp³-hybridized carbons (Fsp3) is 0.304. The van der Waals surface area contributed by atoms with Crippen LogP contribution < -0.4 is 14.2 Å². The molecule has 0 saturated heterocycles. The molecule has 1 aromatic carbocycles. The van der Waals surface area contributed by atoms with Crippen molar-refractivity contribution in [2.75, 3.05) is 18.9 Å². The van der Waals surface area contributed by atoms with Crippen LogP contribution in [0.2, 0.25) is 0 Å². The van der Waals surface area contributed by atoms with Gasteiger partial charge in [-0.1, -0.05) is 6.07 Å². The Morgan fingerprint density at radius 2 is 1.82 bits per heavy atom. The number of nitrogens with one attached hydrogen (secondary N) is 1. The van der Waals surface area contributed by atoms with Crippen LogP contribution in [0.15, 0.2) is 36.0 Å². The van der Waals surface area contributed by atoms with E-state index < -0.39 is 20.9 Å². The molecule has 4 rings (SSSR count). The Hall–Kier alpha value is -4.16. The van der Waals surface area contributed by atoms with Crippen LogP contribution in [0.25, 0.3) is 16.5 Å². The highest BCUT2D eigenvalue weighted by molar-refractivity contribution is 7.93. The molecule has 0 spiro atoms. The van der Waals surface area contributed by atoms with E-state index in [-0.39, 0.29) is 23.2 Å². The van der Waals surface area contributed by atoms with E-state index in [1.165, 1.54) is 37.0 Å². The fourth-order valence-electron chi connectivity index (χ4n) is 3.54. The zero-order valence-corrected chi connectivity index (χ0v) is 22.6. The number of aryl methyl sites for hydroxylation is 1. The third kappa shape index (κ3) is 4.87. The van der Waals surface area contributed by atoms with Gasteiger partial charge in [-0.25, -0.2) is 27.8 Å². The summed E-state index contributed by atoms with van der Waals surface area (Å²) in [5, 5.41) is 17.8. The van der Waals surface area contributed by atoms with Crippen molar-refractivity contribution in [1.29, 1.82) is 5.26 Å². The van der Waals surface area contributed by atoms with E-state index in [1.807, 2.05) is 18.4 Å². The Bertz CT molecular complexity index is 1590. The minimum Gasteiger partial charge on any atom is -0.494 e. The van der Waals surface area contributed by atoms with E-state index in [9.17, 15) is 8.42 Å². The molecule has 3 heterocycles. The van der Waals surface area contributed by atoms with Gasteiger partial charge in [-0.15, -0.1) is 21.5 Å². The molecule has 0 saturated carbocycles. The molecule has 2 atom stereocenters. The minimum absolute atomic E-state index is 0.113. The highest BCUT2D eigenvalue weighted by Gasteiger charge is 2.45. The Balaban J connectivity index is 1.83. The van der Waals surface area contributed by atoms with Crippen molar-refractivity contribution in [2.24, 2.45) is 0 Å². The Morgan fingerprint density at radius 3 is 2.34 bits per heavy atom. The smallest absolute Gasteiger partial charge is 0.243 e. The topological polar surface area (TPSA) is 158 Å². The lowest BCUT2D eigenvalue weighted by Gasteiger charge is -2.26. The number of anilines is 1. The maximum absolute atomic E-state index is 15.9. The monoisotopic (exact) mass is 558 g/mol. The second kappa shape index (κ2) is 10.3. The number of nitriles is 1. The van der Waals surface area contributed by atoms with Gasteiger partial charge in [0.25, 0.3) is 0 Å². The van der Waals surface area contributed by atoms with Crippen LogP contribution >= 0.6 is 11.3 Å². The van der Waals surface area contributed by atoms with E-state index in [2.05, 4.69) is 29.9 Å². The first kappa shape index (κ1) is 26.9. The van der Waals surface area contributed by atoms with Gasteiger partial charge in [0.15, 0.2) is 22.3 Å². The van der Waals surface area contributed by atoms with E-state index in [0.717, 1.165) is 25.0 Å². The zero-order valence-electron chi connectivity index (χ0n) is 21.0. The van der Waals surface area contributed by atoms with Crippen LogP contribution in [0.3, 0.4) is 0 Å². The summed E-state index contributed by atoms with van der Waals surface area (Å²) in [7, 11) is -1.56. The molecule has 0 aliphatic heterocycles. The number of hydrogen-bond acceptors (Lipinski definition) is 11. The molecule has 0 aliphatic carbocycles. The minimum atomic E-state index is -4.46. The molecule has 38 heavy (non-hydrogen) atoms. The number of alkyl halides is 1. The Kier molecular flexibility index (Phi) is 7.29. The first-order valence-corrected chi connectivity index (χ1v) is 13.5. The average molecular weight is 559 g/mol. The molecule has 1 N–H and O–H groups in total. The standard InChI is InChI=1S/C23H23FN8O4S2/c1-13-12-37-20(28-13)19-29-30-22(32(19)18-16(35-4)7-6-8-17(18)36-5)31-38(33,34)14(2)23(3,24)21-26-10-15(9-25)11-27-21/h6-8,10-12,14H,1-5H3,(H,30,31)/t14-,23-/m1/s1. The number of thiazole rings is 1. The van der Waals surface area contributed by atoms with E-state index in [0.29, 0.717) is 22.2 Å². The van der Waals surface area contributed by atoms with Gasteiger partial charge in [0.2, 0.25) is 16.0 Å². The van der Waals surface area contributed by atoms with Crippen molar-refractivity contribution in [3.63, 3.8) is 0 Å². The number of ether oxygens (including phenoxy) is 2. The van der Waals surface area contributed by atoms with Crippen LogP contribution in [-0.2, 0) is 15.7 Å². The van der Waals surface area contributed by atoms with E-state index in [4.69, 9.17) is 14.7 Å². The van der Waals surface area contributed by atoms with Gasteiger partial charge in [-0.3, -0.25) is 9.29 Å². The molecule has 198 valence electrons. The molecule has 15 heteroatoms. The van der Waals surface area contributed by atoms with Crippen LogP contribution in [0.5, 0.6) is 11.5 Å². The number of methoxy groups -OCH3 is 2. The SMILES string of the molecule is COc1cccc(OC)c1-n1c(NS(=O)(=O)[C@H](C)[C@@](C)(F)c2ncc(C#N)cn2)nnc1-c1nc(C)cs1. The van der Waals surface area contributed by atoms with Crippen molar-refractivity contribution >= 4 is 27.3 Å². The number of para-hydroxylation sites is 1. The molecule has 0 aliphatic rings. The van der Waals surface area contributed by atoms with Gasteiger partial charge in [0.05, 0.1) is 19.8 Å². The third-order valence-electron chi connectivity index (χ3n) is 5.78. The zero-order chi connectivity index (χ0) is 27.7. The molecular weight excluding hydrogens is 535 g/mol. The summed E-state index contributed by atoms with van der Waals surface area (Å²) in [5.41, 5.74) is -1.36. The lowest BCUT2D eigenvalue weighted by Crippen LogP contribution is -2.41. The summed E-state index contributed by atoms with van der Waals surface area (Å²) in [6.07, 6.45) is 2.25. The summed E-state index contributed by atoms with van der Waals surface area (Å²) < 4.78 is 57.6. The number of benzene rings is 1. The fourth-order valence-corrected chi connectivity index (χ4v) is 5.56. The summed E-state index contributed by atoms with van der Waals surface area (Å²) in [4.78, 5) is 12.1. The predicted molar refractivity (Wildman–Crippen MR) is 138 cm³/mol. The molecule has 0 fully saturated rings. The maximum Gasteiger partial charge on any atom is 0.243 e. The number of nitrogens with zero attached hydrogens (tertiary/aromatic N) is 7. The van der Waals surface area contributed by atoms with Gasteiger partial charge in [0.1, 0.15) is 28.5 Å². The van der Waals surface area contributed by atoms with Crippen molar-refractivity contribution in [1.82, 2.24) is 29.7 Å². The van der Waals surface area contributed by atoms with Gasteiger partial charge in [-0.2, -0.15) is 5.26 Å². The van der Waals surface area contributed by atoms with Gasteiger partial charge < -0.3 is 9.47 Å². The highest BCUT2D eigenvalue weighted by Crippen LogP contribution is 2.39. The first-order valence-electron chi connectivity index (χ1n) is 11.1. The summed E-state index contributed by atoms with van der Waals surface area (Å²) in [6, 6.07) is 6.87. The van der Waals surface area contributed by atoms with E-state index in [1.54, 1.807) is 18.2 Å². The predicted octanol–water partition coefficient (Wildman–Crippen LogP) is 3.39. The molecule has 0 amide bonds. The van der Waals surface area contributed by atoms with Crippen molar-refractivity contribution in [3.05, 3.63) is 53.1 Å². The average Bonchev–Trinajstić information content (AvgIpc) is 3.52. The number of rotatable bonds is 9. The molecule has 12 nitrogen and oxygen atoms in total. The van der Waals surface area contributed by atoms with Crippen LogP contribution in [0, 0.1) is 18.3 Å². The largest absolute Gasteiger partial charge is 0.494 e. The van der Waals surface area contributed by atoms with Crippen molar-refractivity contribution in [2.45, 2.75) is 31.7 Å². The van der Waals surface area contributed by atoms with Gasteiger partial charge in [0, 0.05) is 23.5 Å². The van der Waals surface area contributed by atoms with E-state index >= 15 is 4.39 Å². The number of hydrogen-bond donors (Lipinski definition) is 1. The van der Waals surface area contributed by atoms with Gasteiger partial charge in [-0.05, 0) is 32.9 Å². The molecule has 4 aromatic rings. The molecular formula is C23H23FN8O4S2. The van der Waals surface area contributed by atoms with Crippen molar-refractivity contribution < 1.29 is 22.3 Å². The Morgan fingerprint density at radius 1 is 1.18 bits per heavy atom. The second-order valence-electron chi connectivity index (χ2n) is 8.26. The number of halogens is 1. The van der Waals surface area contributed by atoms with Crippen molar-refractivity contribution in [3.8, 4) is 34.1 Å². The lowest BCUT2D eigenvalue weighted by molar-refractivity contribution is 0.175. The summed E-state index contributed by atoms with van der Waals surface area (Å²) >= 11 is 1.29. The number of aromatic nitrogens is 6. The molecule has 3 aromatic heterocycles. The lowest BCUT2D eigenvalue weighted by atomic mass is 10.0. The number of sulfonamides is 1. The normalized spacial score (nSPS) is 13.8. The maximum atomic E-state index is 15.9. The molecule has 0 unspecified atom stereocenters. The summed E-state index contributed by atoms with van der Waals surface area (Å²) in [5.74, 6) is 0.275. The second-order valence-corrected chi connectivity index (χ2v) is 11.1. The third-order valence-corrected chi connectivity index (χ3v) is 8.58. The molecule has 0 bridgehead atoms. The quantitative estimate of drug-likeness (QED) is 0.323. The van der Waals surface area contributed by atoms with Crippen LogP contribution in [-0.4, -0.2) is 57.6 Å². The van der Waals surface area contributed by atoms with Crippen LogP contribution in [0.4, 0.5) is 10.3 Å². The Labute approximate surface area is 222 Å². The highest BCUT2D eigenvalue weighted by atomic mass is 32.2. The van der Waals surface area contributed by atoms with Crippen LogP contribution in [0.1, 0.15) is 30.9 Å². The molecule has 0 radical (unpaired) electrons. The first-order chi connectivity index (χ1) is 18.0. The summed E-state index contributed by atoms with van der Waals surface area (Å²) in [6.45, 7) is 4.04. The van der Waals surface area contributed by atoms with Gasteiger partial charge >= 0.3 is 0 Å².